The van der Waals surface area contributed by atoms with Crippen LogP contribution in [0.1, 0.15) is 37.2 Å². The van der Waals surface area contributed by atoms with E-state index in [1.807, 2.05) is 0 Å². The molecule has 1 aromatic rings. The van der Waals surface area contributed by atoms with E-state index in [4.69, 9.17) is 16.0 Å². The van der Waals surface area contributed by atoms with Crippen LogP contribution in [0.15, 0.2) is 16.5 Å². The van der Waals surface area contributed by atoms with E-state index < -0.39 is 5.60 Å². The molecule has 17 heavy (non-hydrogen) atoms. The summed E-state index contributed by atoms with van der Waals surface area (Å²) in [6.07, 6.45) is 1.71. The van der Waals surface area contributed by atoms with Crippen LogP contribution in [0.5, 0.6) is 0 Å². The van der Waals surface area contributed by atoms with Gasteiger partial charge in [0.05, 0.1) is 11.6 Å². The lowest BCUT2D eigenvalue weighted by molar-refractivity contribution is -0.000752. The Bertz CT molecular complexity index is 422. The molecular weight excluding hydrogens is 242 g/mol. The number of carbonyl (C=O) groups is 1. The monoisotopic (exact) mass is 257 g/mol. The summed E-state index contributed by atoms with van der Waals surface area (Å²) < 4.78 is 5.11. The molecule has 1 saturated heterocycles. The lowest BCUT2D eigenvalue weighted by Gasteiger charge is -2.33. The first-order chi connectivity index (χ1) is 7.89. The molecule has 1 amide bonds. The number of rotatable bonds is 2. The molecule has 1 atom stereocenters. The zero-order chi connectivity index (χ0) is 12.6. The maximum Gasteiger partial charge on any atom is 0.289 e. The Morgan fingerprint density at radius 2 is 2.29 bits per heavy atom. The van der Waals surface area contributed by atoms with Gasteiger partial charge in [0.2, 0.25) is 0 Å². The van der Waals surface area contributed by atoms with Gasteiger partial charge >= 0.3 is 0 Å². The fourth-order valence-corrected chi connectivity index (χ4v) is 2.46. The first kappa shape index (κ1) is 12.5. The molecule has 2 rings (SSSR count). The number of aliphatic hydroxyl groups is 1. The second-order valence-corrected chi connectivity index (χ2v) is 5.29. The van der Waals surface area contributed by atoms with Gasteiger partial charge in [-0.1, -0.05) is 0 Å². The average Bonchev–Trinajstić information content (AvgIpc) is 2.83. The number of nitrogens with zero attached hydrogens (tertiary/aromatic N) is 1. The standard InChI is InChI=1S/C12H16ClNO3/c1-12(2,16)9-4-3-7-14(9)11(15)8-5-6-10(13)17-8/h5-6,9,16H,3-4,7H2,1-2H3. The van der Waals surface area contributed by atoms with Crippen molar-refractivity contribution in [1.29, 1.82) is 0 Å². The van der Waals surface area contributed by atoms with Gasteiger partial charge in [-0.3, -0.25) is 4.79 Å². The Balaban J connectivity index is 2.19. The highest BCUT2D eigenvalue weighted by atomic mass is 35.5. The van der Waals surface area contributed by atoms with Crippen LogP contribution in [0.3, 0.4) is 0 Å². The molecule has 1 aliphatic heterocycles. The Hall–Kier alpha value is -1.00. The summed E-state index contributed by atoms with van der Waals surface area (Å²) in [6.45, 7) is 4.09. The fourth-order valence-electron chi connectivity index (χ4n) is 2.32. The Morgan fingerprint density at radius 1 is 1.59 bits per heavy atom. The number of amides is 1. The first-order valence-electron chi connectivity index (χ1n) is 5.68. The van der Waals surface area contributed by atoms with Crippen molar-refractivity contribution in [2.75, 3.05) is 6.54 Å². The summed E-state index contributed by atoms with van der Waals surface area (Å²) in [7, 11) is 0. The minimum Gasteiger partial charge on any atom is -0.440 e. The van der Waals surface area contributed by atoms with E-state index in [0.29, 0.717) is 6.54 Å². The van der Waals surface area contributed by atoms with Crippen LogP contribution >= 0.6 is 11.6 Å². The van der Waals surface area contributed by atoms with Crippen LogP contribution in [-0.2, 0) is 0 Å². The summed E-state index contributed by atoms with van der Waals surface area (Å²) in [6, 6.07) is 2.94. The van der Waals surface area contributed by atoms with Crippen molar-refractivity contribution < 1.29 is 14.3 Å². The quantitative estimate of drug-likeness (QED) is 0.885. The van der Waals surface area contributed by atoms with Gasteiger partial charge in [-0.25, -0.2) is 0 Å². The molecule has 4 nitrogen and oxygen atoms in total. The summed E-state index contributed by atoms with van der Waals surface area (Å²) >= 11 is 5.65. The molecule has 0 spiro atoms. The normalized spacial score (nSPS) is 20.9. The molecule has 94 valence electrons. The molecule has 1 fully saturated rings. The second-order valence-electron chi connectivity index (χ2n) is 4.91. The third-order valence-electron chi connectivity index (χ3n) is 3.11. The molecule has 0 aromatic carbocycles. The van der Waals surface area contributed by atoms with E-state index in [0.717, 1.165) is 12.8 Å². The van der Waals surface area contributed by atoms with Crippen molar-refractivity contribution >= 4 is 17.5 Å². The number of carbonyl (C=O) groups excluding carboxylic acids is 1. The Morgan fingerprint density at radius 3 is 2.82 bits per heavy atom. The fraction of sp³-hybridized carbons (Fsp3) is 0.583. The molecule has 0 saturated carbocycles. The van der Waals surface area contributed by atoms with E-state index in [1.165, 1.54) is 0 Å². The van der Waals surface area contributed by atoms with E-state index in [9.17, 15) is 9.90 Å². The van der Waals surface area contributed by atoms with Gasteiger partial charge in [0.15, 0.2) is 11.0 Å². The lowest BCUT2D eigenvalue weighted by atomic mass is 9.96. The second kappa shape index (κ2) is 4.35. The summed E-state index contributed by atoms with van der Waals surface area (Å²) in [4.78, 5) is 13.8. The number of likely N-dealkylation sites (tertiary alicyclic amines) is 1. The van der Waals surface area contributed by atoms with Crippen LogP contribution in [0, 0.1) is 0 Å². The van der Waals surface area contributed by atoms with E-state index in [1.54, 1.807) is 30.9 Å². The minimum absolute atomic E-state index is 0.168. The van der Waals surface area contributed by atoms with E-state index in [-0.39, 0.29) is 22.9 Å². The van der Waals surface area contributed by atoms with Crippen LogP contribution in [0.4, 0.5) is 0 Å². The third-order valence-corrected chi connectivity index (χ3v) is 3.32. The highest BCUT2D eigenvalue weighted by Crippen LogP contribution is 2.28. The topological polar surface area (TPSA) is 53.7 Å². The molecule has 1 aliphatic rings. The molecule has 5 heteroatoms. The molecular formula is C12H16ClNO3. The summed E-state index contributed by atoms with van der Waals surface area (Å²) in [5.41, 5.74) is -0.900. The highest BCUT2D eigenvalue weighted by Gasteiger charge is 2.39. The Labute approximate surface area is 105 Å². The zero-order valence-corrected chi connectivity index (χ0v) is 10.7. The van der Waals surface area contributed by atoms with Gasteiger partial charge in [-0.15, -0.1) is 0 Å². The average molecular weight is 258 g/mol. The van der Waals surface area contributed by atoms with Crippen molar-refractivity contribution in [3.05, 3.63) is 23.1 Å². The van der Waals surface area contributed by atoms with Crippen LogP contribution < -0.4 is 0 Å². The van der Waals surface area contributed by atoms with Crippen molar-refractivity contribution in [2.45, 2.75) is 38.3 Å². The molecule has 1 N–H and O–H groups in total. The molecule has 1 unspecified atom stereocenters. The van der Waals surface area contributed by atoms with Gasteiger partial charge in [0.1, 0.15) is 0 Å². The van der Waals surface area contributed by atoms with Crippen molar-refractivity contribution in [2.24, 2.45) is 0 Å². The third kappa shape index (κ3) is 2.48. The smallest absolute Gasteiger partial charge is 0.289 e. The van der Waals surface area contributed by atoms with E-state index in [2.05, 4.69) is 0 Å². The molecule has 2 heterocycles. The summed E-state index contributed by atoms with van der Waals surface area (Å²) in [5, 5.41) is 10.2. The largest absolute Gasteiger partial charge is 0.440 e. The van der Waals surface area contributed by atoms with Gasteiger partial charge in [-0.2, -0.15) is 0 Å². The molecule has 0 aliphatic carbocycles. The number of halogens is 1. The van der Waals surface area contributed by atoms with Crippen LogP contribution in [0.2, 0.25) is 5.22 Å². The zero-order valence-electron chi connectivity index (χ0n) is 9.94. The highest BCUT2D eigenvalue weighted by molar-refractivity contribution is 6.29. The van der Waals surface area contributed by atoms with E-state index >= 15 is 0 Å². The van der Waals surface area contributed by atoms with Crippen LogP contribution in [0.25, 0.3) is 0 Å². The first-order valence-corrected chi connectivity index (χ1v) is 6.06. The number of furan rings is 1. The maximum absolute atomic E-state index is 12.2. The molecule has 0 radical (unpaired) electrons. The van der Waals surface area contributed by atoms with Crippen molar-refractivity contribution in [1.82, 2.24) is 4.90 Å². The molecule has 1 aromatic heterocycles. The maximum atomic E-state index is 12.2. The van der Waals surface area contributed by atoms with Gasteiger partial charge in [0, 0.05) is 6.54 Å². The summed E-state index contributed by atoms with van der Waals surface area (Å²) in [5.74, 6) is 0.0210. The SMILES string of the molecule is CC(C)(O)C1CCCN1C(=O)c1ccc(Cl)o1. The predicted molar refractivity (Wildman–Crippen MR) is 64.1 cm³/mol. The van der Waals surface area contributed by atoms with Crippen LogP contribution in [-0.4, -0.2) is 34.1 Å². The lowest BCUT2D eigenvalue weighted by Crippen LogP contribution is -2.48. The predicted octanol–water partition coefficient (Wildman–Crippen LogP) is 2.31. The van der Waals surface area contributed by atoms with Crippen molar-refractivity contribution in [3.63, 3.8) is 0 Å². The van der Waals surface area contributed by atoms with Gasteiger partial charge in [0.25, 0.3) is 5.91 Å². The van der Waals surface area contributed by atoms with Crippen molar-refractivity contribution in [3.8, 4) is 0 Å². The minimum atomic E-state index is -0.900. The molecule has 0 bridgehead atoms. The van der Waals surface area contributed by atoms with Gasteiger partial charge in [-0.05, 0) is 50.4 Å². The Kier molecular flexibility index (Phi) is 3.19. The number of hydrogen-bond donors (Lipinski definition) is 1. The number of hydrogen-bond acceptors (Lipinski definition) is 3. The van der Waals surface area contributed by atoms with Gasteiger partial charge < -0.3 is 14.4 Å².